The number of carbonyl (C=O) groups is 1. The first-order valence-corrected chi connectivity index (χ1v) is 6.18. The van der Waals surface area contributed by atoms with Gasteiger partial charge in [-0.15, -0.1) is 0 Å². The minimum absolute atomic E-state index is 0.210. The minimum atomic E-state index is -0.227. The van der Waals surface area contributed by atoms with Crippen molar-refractivity contribution in [3.63, 3.8) is 0 Å². The summed E-state index contributed by atoms with van der Waals surface area (Å²) in [6.07, 6.45) is 1.76. The lowest BCUT2D eigenvalue weighted by atomic mass is 10.2. The molecule has 1 atom stereocenters. The number of ether oxygens (including phenoxy) is 1. The quantitative estimate of drug-likeness (QED) is 0.776. The van der Waals surface area contributed by atoms with Crippen molar-refractivity contribution in [1.29, 1.82) is 0 Å². The lowest BCUT2D eigenvalue weighted by molar-refractivity contribution is -0.141. The van der Waals surface area contributed by atoms with Crippen molar-refractivity contribution in [2.75, 3.05) is 18.6 Å². The molecule has 0 spiro atoms. The summed E-state index contributed by atoms with van der Waals surface area (Å²) in [5.74, 6) is -0.210. The first-order valence-electron chi connectivity index (χ1n) is 5.42. The number of hydrogen-bond donors (Lipinski definition) is 0. The Bertz CT molecular complexity index is 416. The van der Waals surface area contributed by atoms with Crippen LogP contribution in [-0.4, -0.2) is 25.7 Å². The highest BCUT2D eigenvalue weighted by molar-refractivity contribution is 6.35. The van der Waals surface area contributed by atoms with Gasteiger partial charge < -0.3 is 9.64 Å². The van der Waals surface area contributed by atoms with Crippen molar-refractivity contribution in [1.82, 2.24) is 0 Å². The fraction of sp³-hybridized carbons (Fsp3) is 0.417. The van der Waals surface area contributed by atoms with Gasteiger partial charge in [0.2, 0.25) is 0 Å². The average Bonchev–Trinajstić information content (AvgIpc) is 2.75. The van der Waals surface area contributed by atoms with Gasteiger partial charge in [-0.1, -0.05) is 23.2 Å². The average molecular weight is 274 g/mol. The molecule has 1 aliphatic heterocycles. The maximum Gasteiger partial charge on any atom is 0.328 e. The van der Waals surface area contributed by atoms with E-state index >= 15 is 0 Å². The summed E-state index contributed by atoms with van der Waals surface area (Å²) in [5, 5.41) is 1.14. The van der Waals surface area contributed by atoms with Gasteiger partial charge in [0.1, 0.15) is 6.04 Å². The number of nitrogens with zero attached hydrogens (tertiary/aromatic N) is 1. The van der Waals surface area contributed by atoms with Gasteiger partial charge in [-0.2, -0.15) is 0 Å². The van der Waals surface area contributed by atoms with Crippen LogP contribution in [0.5, 0.6) is 0 Å². The molecule has 2 rings (SSSR count). The van der Waals surface area contributed by atoms with E-state index in [4.69, 9.17) is 27.9 Å². The second-order valence-electron chi connectivity index (χ2n) is 4.00. The molecule has 0 aromatic heterocycles. The Balaban J connectivity index is 2.28. The third kappa shape index (κ3) is 2.67. The number of methoxy groups -OCH3 is 1. The van der Waals surface area contributed by atoms with Crippen LogP contribution in [0.25, 0.3) is 0 Å². The molecule has 1 heterocycles. The van der Waals surface area contributed by atoms with Crippen LogP contribution in [0.2, 0.25) is 10.0 Å². The summed E-state index contributed by atoms with van der Waals surface area (Å²) in [7, 11) is 1.41. The Morgan fingerprint density at radius 1 is 1.35 bits per heavy atom. The number of carbonyl (C=O) groups excluding carboxylic acids is 1. The van der Waals surface area contributed by atoms with Crippen molar-refractivity contribution >= 4 is 34.9 Å². The zero-order valence-electron chi connectivity index (χ0n) is 9.45. The molecule has 0 N–H and O–H groups in total. The molecule has 92 valence electrons. The molecule has 1 aliphatic rings. The van der Waals surface area contributed by atoms with Crippen molar-refractivity contribution < 1.29 is 9.53 Å². The normalized spacial score (nSPS) is 19.5. The Hall–Kier alpha value is -0.930. The van der Waals surface area contributed by atoms with Gasteiger partial charge in [-0.05, 0) is 31.0 Å². The molecule has 0 bridgehead atoms. The molecule has 1 saturated heterocycles. The molecule has 0 amide bonds. The standard InChI is InChI=1S/C12H13Cl2NO2/c1-17-12(16)11-3-2-4-15(11)10-6-8(13)5-9(14)7-10/h5-7,11H,2-4H2,1H3. The molecule has 1 aromatic carbocycles. The van der Waals surface area contributed by atoms with Crippen LogP contribution in [0, 0.1) is 0 Å². The second-order valence-corrected chi connectivity index (χ2v) is 4.88. The van der Waals surface area contributed by atoms with E-state index in [9.17, 15) is 4.79 Å². The van der Waals surface area contributed by atoms with Crippen LogP contribution in [0.3, 0.4) is 0 Å². The summed E-state index contributed by atoms with van der Waals surface area (Å²) in [5.41, 5.74) is 0.871. The van der Waals surface area contributed by atoms with Crippen LogP contribution in [0.4, 0.5) is 5.69 Å². The van der Waals surface area contributed by atoms with Gasteiger partial charge in [0.15, 0.2) is 0 Å². The Kier molecular flexibility index (Phi) is 3.79. The summed E-state index contributed by atoms with van der Waals surface area (Å²) >= 11 is 11.9. The number of anilines is 1. The molecule has 0 saturated carbocycles. The maximum absolute atomic E-state index is 11.6. The van der Waals surface area contributed by atoms with Gasteiger partial charge in [-0.25, -0.2) is 4.79 Å². The molecule has 17 heavy (non-hydrogen) atoms. The lowest BCUT2D eigenvalue weighted by Gasteiger charge is -2.25. The zero-order chi connectivity index (χ0) is 12.4. The van der Waals surface area contributed by atoms with E-state index in [2.05, 4.69) is 0 Å². The van der Waals surface area contributed by atoms with E-state index < -0.39 is 0 Å². The largest absolute Gasteiger partial charge is 0.467 e. The highest BCUT2D eigenvalue weighted by atomic mass is 35.5. The third-order valence-electron chi connectivity index (χ3n) is 2.91. The first kappa shape index (κ1) is 12.5. The molecule has 1 aromatic rings. The SMILES string of the molecule is COC(=O)C1CCCN1c1cc(Cl)cc(Cl)c1. The predicted octanol–water partition coefficient (Wildman–Crippen LogP) is 3.14. The smallest absolute Gasteiger partial charge is 0.328 e. The van der Waals surface area contributed by atoms with E-state index in [1.54, 1.807) is 6.07 Å². The van der Waals surface area contributed by atoms with Crippen LogP contribution in [0.15, 0.2) is 18.2 Å². The molecule has 5 heteroatoms. The van der Waals surface area contributed by atoms with Crippen LogP contribution < -0.4 is 4.90 Å². The van der Waals surface area contributed by atoms with E-state index in [0.717, 1.165) is 25.1 Å². The third-order valence-corrected chi connectivity index (χ3v) is 3.34. The maximum atomic E-state index is 11.6. The first-order chi connectivity index (χ1) is 8.11. The number of benzene rings is 1. The van der Waals surface area contributed by atoms with Gasteiger partial charge in [0.05, 0.1) is 7.11 Å². The van der Waals surface area contributed by atoms with E-state index in [0.29, 0.717) is 10.0 Å². The highest BCUT2D eigenvalue weighted by Crippen LogP contribution is 2.31. The van der Waals surface area contributed by atoms with Gasteiger partial charge in [-0.3, -0.25) is 0 Å². The van der Waals surface area contributed by atoms with Gasteiger partial charge in [0.25, 0.3) is 0 Å². The second kappa shape index (κ2) is 5.15. The zero-order valence-corrected chi connectivity index (χ0v) is 11.0. The van der Waals surface area contributed by atoms with E-state index in [1.165, 1.54) is 7.11 Å². The van der Waals surface area contributed by atoms with Crippen LogP contribution >= 0.6 is 23.2 Å². The molecular formula is C12H13Cl2NO2. The summed E-state index contributed by atoms with van der Waals surface area (Å²) in [4.78, 5) is 13.6. The van der Waals surface area contributed by atoms with Crippen molar-refractivity contribution in [2.24, 2.45) is 0 Å². The van der Waals surface area contributed by atoms with E-state index in [1.807, 2.05) is 17.0 Å². The van der Waals surface area contributed by atoms with Crippen LogP contribution in [-0.2, 0) is 9.53 Å². The molecular weight excluding hydrogens is 261 g/mol. The van der Waals surface area contributed by atoms with Crippen molar-refractivity contribution in [2.45, 2.75) is 18.9 Å². The molecule has 3 nitrogen and oxygen atoms in total. The van der Waals surface area contributed by atoms with E-state index in [-0.39, 0.29) is 12.0 Å². The Labute approximate surface area is 110 Å². The minimum Gasteiger partial charge on any atom is -0.467 e. The molecule has 1 unspecified atom stereocenters. The summed E-state index contributed by atoms with van der Waals surface area (Å²) in [6.45, 7) is 0.816. The summed E-state index contributed by atoms with van der Waals surface area (Å²) in [6, 6.07) is 5.08. The highest BCUT2D eigenvalue weighted by Gasteiger charge is 2.31. The fourth-order valence-corrected chi connectivity index (χ4v) is 2.68. The monoisotopic (exact) mass is 273 g/mol. The predicted molar refractivity (Wildman–Crippen MR) is 68.8 cm³/mol. The van der Waals surface area contributed by atoms with Gasteiger partial charge >= 0.3 is 5.97 Å². The lowest BCUT2D eigenvalue weighted by Crippen LogP contribution is -2.36. The van der Waals surface area contributed by atoms with Crippen molar-refractivity contribution in [3.8, 4) is 0 Å². The topological polar surface area (TPSA) is 29.5 Å². The Morgan fingerprint density at radius 3 is 2.59 bits per heavy atom. The van der Waals surface area contributed by atoms with Crippen molar-refractivity contribution in [3.05, 3.63) is 28.2 Å². The van der Waals surface area contributed by atoms with Gasteiger partial charge in [0, 0.05) is 22.3 Å². The fourth-order valence-electron chi connectivity index (χ4n) is 2.16. The number of rotatable bonds is 2. The molecule has 0 radical (unpaired) electrons. The summed E-state index contributed by atoms with van der Waals surface area (Å²) < 4.78 is 4.80. The van der Waals surface area contributed by atoms with Crippen LogP contribution in [0.1, 0.15) is 12.8 Å². The molecule has 0 aliphatic carbocycles. The Morgan fingerprint density at radius 2 is 2.00 bits per heavy atom. The number of halogens is 2. The molecule has 1 fully saturated rings. The number of esters is 1. The number of hydrogen-bond acceptors (Lipinski definition) is 3.